The van der Waals surface area contributed by atoms with E-state index in [1.165, 1.54) is 19.3 Å². The van der Waals surface area contributed by atoms with Crippen LogP contribution in [0.3, 0.4) is 0 Å². The molecule has 0 radical (unpaired) electrons. The van der Waals surface area contributed by atoms with E-state index in [9.17, 15) is 5.11 Å². The highest BCUT2D eigenvalue weighted by Crippen LogP contribution is 2.29. The van der Waals surface area contributed by atoms with Crippen LogP contribution in [0.2, 0.25) is 5.02 Å². The number of hydrogen-bond donors (Lipinski definition) is 2. The maximum absolute atomic E-state index is 10.1. The van der Waals surface area contributed by atoms with Crippen LogP contribution in [0.15, 0.2) is 24.3 Å². The van der Waals surface area contributed by atoms with Crippen LogP contribution >= 0.6 is 11.6 Å². The van der Waals surface area contributed by atoms with Gasteiger partial charge in [-0.2, -0.15) is 0 Å². The van der Waals surface area contributed by atoms with Crippen LogP contribution < -0.4 is 5.32 Å². The fraction of sp³-hybridized carbons (Fsp3) is 0.571. The minimum atomic E-state index is -0.522. The highest BCUT2D eigenvalue weighted by atomic mass is 35.5. The molecular formula is C14H20ClNO. The van der Waals surface area contributed by atoms with E-state index in [0.717, 1.165) is 11.5 Å². The summed E-state index contributed by atoms with van der Waals surface area (Å²) in [4.78, 5) is 0. The van der Waals surface area contributed by atoms with E-state index in [4.69, 9.17) is 11.6 Å². The predicted octanol–water partition coefficient (Wildman–Crippen LogP) is 3.15. The van der Waals surface area contributed by atoms with Crippen LogP contribution in [0.4, 0.5) is 0 Å². The summed E-state index contributed by atoms with van der Waals surface area (Å²) in [7, 11) is 0. The SMILES string of the molecule is CC(NCC(O)c1ccccc1Cl)C1CCC1. The van der Waals surface area contributed by atoms with Crippen molar-refractivity contribution in [1.29, 1.82) is 0 Å². The molecular weight excluding hydrogens is 234 g/mol. The van der Waals surface area contributed by atoms with Crippen LogP contribution in [0.1, 0.15) is 37.9 Å². The monoisotopic (exact) mass is 253 g/mol. The number of aliphatic hydroxyl groups is 1. The molecule has 2 unspecified atom stereocenters. The minimum Gasteiger partial charge on any atom is -0.387 e. The fourth-order valence-electron chi connectivity index (χ4n) is 2.26. The molecule has 0 aromatic heterocycles. The molecule has 1 aromatic rings. The zero-order chi connectivity index (χ0) is 12.3. The molecule has 17 heavy (non-hydrogen) atoms. The molecule has 1 saturated carbocycles. The predicted molar refractivity (Wildman–Crippen MR) is 71.2 cm³/mol. The molecule has 2 rings (SSSR count). The molecule has 2 N–H and O–H groups in total. The number of rotatable bonds is 5. The molecule has 0 bridgehead atoms. The lowest BCUT2D eigenvalue weighted by molar-refractivity contribution is 0.155. The molecule has 1 fully saturated rings. The topological polar surface area (TPSA) is 32.3 Å². The van der Waals surface area contributed by atoms with Gasteiger partial charge < -0.3 is 10.4 Å². The highest BCUT2D eigenvalue weighted by molar-refractivity contribution is 6.31. The van der Waals surface area contributed by atoms with Crippen LogP contribution in [0.5, 0.6) is 0 Å². The number of hydrogen-bond acceptors (Lipinski definition) is 2. The van der Waals surface area contributed by atoms with Gasteiger partial charge >= 0.3 is 0 Å². The van der Waals surface area contributed by atoms with Gasteiger partial charge in [0.2, 0.25) is 0 Å². The Bertz CT molecular complexity index is 365. The molecule has 0 amide bonds. The van der Waals surface area contributed by atoms with Gasteiger partial charge in [-0.3, -0.25) is 0 Å². The van der Waals surface area contributed by atoms with Gasteiger partial charge in [-0.05, 0) is 31.7 Å². The third kappa shape index (κ3) is 3.21. The van der Waals surface area contributed by atoms with Crippen LogP contribution in [-0.2, 0) is 0 Å². The summed E-state index contributed by atoms with van der Waals surface area (Å²) in [5.74, 6) is 0.786. The Kier molecular flexibility index (Phi) is 4.43. The zero-order valence-corrected chi connectivity index (χ0v) is 11.0. The van der Waals surface area contributed by atoms with E-state index < -0.39 is 6.10 Å². The van der Waals surface area contributed by atoms with E-state index in [-0.39, 0.29) is 0 Å². The van der Waals surface area contributed by atoms with Crippen molar-refractivity contribution >= 4 is 11.6 Å². The van der Waals surface area contributed by atoms with E-state index >= 15 is 0 Å². The summed E-state index contributed by atoms with van der Waals surface area (Å²) in [5.41, 5.74) is 0.808. The van der Waals surface area contributed by atoms with Gasteiger partial charge in [-0.25, -0.2) is 0 Å². The lowest BCUT2D eigenvalue weighted by Crippen LogP contribution is -2.39. The average Bonchev–Trinajstić information content (AvgIpc) is 2.24. The van der Waals surface area contributed by atoms with Crippen LogP contribution in [0, 0.1) is 5.92 Å². The first kappa shape index (κ1) is 12.9. The second-order valence-corrected chi connectivity index (χ2v) is 5.33. The van der Waals surface area contributed by atoms with E-state index in [1.54, 1.807) is 0 Å². The van der Waals surface area contributed by atoms with Gasteiger partial charge in [-0.15, -0.1) is 0 Å². The average molecular weight is 254 g/mol. The largest absolute Gasteiger partial charge is 0.387 e. The Morgan fingerprint density at radius 1 is 1.41 bits per heavy atom. The normalized spacial score (nSPS) is 19.7. The molecule has 1 aromatic carbocycles. The molecule has 3 heteroatoms. The number of nitrogens with one attached hydrogen (secondary N) is 1. The van der Waals surface area contributed by atoms with Crippen molar-refractivity contribution < 1.29 is 5.11 Å². The molecule has 0 saturated heterocycles. The van der Waals surface area contributed by atoms with Crippen LogP contribution in [-0.4, -0.2) is 17.7 Å². The first-order chi connectivity index (χ1) is 8.18. The van der Waals surface area contributed by atoms with Gasteiger partial charge in [0.15, 0.2) is 0 Å². The smallest absolute Gasteiger partial charge is 0.0928 e. The Morgan fingerprint density at radius 2 is 2.12 bits per heavy atom. The maximum atomic E-state index is 10.1. The lowest BCUT2D eigenvalue weighted by Gasteiger charge is -2.32. The first-order valence-corrected chi connectivity index (χ1v) is 6.72. The second-order valence-electron chi connectivity index (χ2n) is 4.93. The van der Waals surface area contributed by atoms with Gasteiger partial charge in [0.05, 0.1) is 6.10 Å². The first-order valence-electron chi connectivity index (χ1n) is 6.34. The summed E-state index contributed by atoms with van der Waals surface area (Å²) in [6.45, 7) is 2.77. The van der Waals surface area contributed by atoms with Crippen molar-refractivity contribution in [1.82, 2.24) is 5.32 Å². The molecule has 0 spiro atoms. The van der Waals surface area contributed by atoms with Crippen molar-refractivity contribution in [2.24, 2.45) is 5.92 Å². The Morgan fingerprint density at radius 3 is 2.71 bits per heavy atom. The molecule has 1 aliphatic carbocycles. The molecule has 2 atom stereocenters. The molecule has 0 aliphatic heterocycles. The Hall–Kier alpha value is -0.570. The van der Waals surface area contributed by atoms with E-state index in [0.29, 0.717) is 17.6 Å². The summed E-state index contributed by atoms with van der Waals surface area (Å²) < 4.78 is 0. The Labute approximate surface area is 108 Å². The minimum absolute atomic E-state index is 0.487. The summed E-state index contributed by atoms with van der Waals surface area (Å²) in [6.07, 6.45) is 3.46. The van der Waals surface area contributed by atoms with Crippen LogP contribution in [0.25, 0.3) is 0 Å². The molecule has 2 nitrogen and oxygen atoms in total. The fourth-order valence-corrected chi connectivity index (χ4v) is 2.52. The summed E-state index contributed by atoms with van der Waals surface area (Å²) in [6, 6.07) is 7.96. The quantitative estimate of drug-likeness (QED) is 0.845. The second kappa shape index (κ2) is 5.85. The summed E-state index contributed by atoms with van der Waals surface area (Å²) in [5, 5.41) is 14.1. The number of halogens is 1. The van der Waals surface area contributed by atoms with E-state index in [1.807, 2.05) is 24.3 Å². The lowest BCUT2D eigenvalue weighted by atomic mass is 9.80. The third-order valence-electron chi connectivity index (χ3n) is 3.75. The van der Waals surface area contributed by atoms with Crippen molar-refractivity contribution in [3.8, 4) is 0 Å². The third-order valence-corrected chi connectivity index (χ3v) is 4.10. The van der Waals surface area contributed by atoms with Crippen molar-refractivity contribution in [2.45, 2.75) is 38.3 Å². The molecule has 0 heterocycles. The maximum Gasteiger partial charge on any atom is 0.0928 e. The standard InChI is InChI=1S/C14H20ClNO/c1-10(11-5-4-6-11)16-9-14(17)12-7-2-3-8-13(12)15/h2-3,7-8,10-11,14,16-17H,4-6,9H2,1H3. The Balaban J connectivity index is 1.84. The highest BCUT2D eigenvalue weighted by Gasteiger charge is 2.24. The van der Waals surface area contributed by atoms with E-state index in [2.05, 4.69) is 12.2 Å². The van der Waals surface area contributed by atoms with Crippen molar-refractivity contribution in [3.05, 3.63) is 34.9 Å². The number of aliphatic hydroxyl groups excluding tert-OH is 1. The van der Waals surface area contributed by atoms with Gasteiger partial charge in [0.1, 0.15) is 0 Å². The van der Waals surface area contributed by atoms with Crippen molar-refractivity contribution in [2.75, 3.05) is 6.54 Å². The van der Waals surface area contributed by atoms with Crippen molar-refractivity contribution in [3.63, 3.8) is 0 Å². The zero-order valence-electron chi connectivity index (χ0n) is 10.2. The summed E-state index contributed by atoms with van der Waals surface area (Å²) >= 11 is 6.05. The van der Waals surface area contributed by atoms with Gasteiger partial charge in [0.25, 0.3) is 0 Å². The molecule has 1 aliphatic rings. The number of benzene rings is 1. The molecule has 94 valence electrons. The van der Waals surface area contributed by atoms with Gasteiger partial charge in [0, 0.05) is 23.2 Å². The van der Waals surface area contributed by atoms with Gasteiger partial charge in [-0.1, -0.05) is 36.2 Å².